The lowest BCUT2D eigenvalue weighted by molar-refractivity contribution is -0.123. The number of thioether (sulfide) groups is 1. The van der Waals surface area contributed by atoms with Crippen LogP contribution >= 0.6 is 46.6 Å². The molecular formula is C21H12Cl3NO3S. The molecule has 1 aromatic heterocycles. The summed E-state index contributed by atoms with van der Waals surface area (Å²) in [4.78, 5) is 26.5. The lowest BCUT2D eigenvalue weighted by Gasteiger charge is -2.12. The van der Waals surface area contributed by atoms with Crippen molar-refractivity contribution in [3.63, 3.8) is 0 Å². The third-order valence-corrected chi connectivity index (χ3v) is 5.73. The fraction of sp³-hybridized carbons (Fsp3) is 0.0476. The second-order valence-electron chi connectivity index (χ2n) is 6.26. The van der Waals surface area contributed by atoms with Crippen molar-refractivity contribution in [3.05, 3.63) is 85.9 Å². The van der Waals surface area contributed by atoms with E-state index in [1.165, 1.54) is 4.90 Å². The van der Waals surface area contributed by atoms with Gasteiger partial charge in [0.1, 0.15) is 11.5 Å². The number of furan rings is 1. The van der Waals surface area contributed by atoms with Crippen LogP contribution < -0.4 is 0 Å². The number of nitrogens with zero attached hydrogens (tertiary/aromatic N) is 1. The Kier molecular flexibility index (Phi) is 5.74. The molecule has 0 N–H and O–H groups in total. The molecule has 0 saturated carbocycles. The Bertz CT molecular complexity index is 1140. The number of amides is 2. The molecule has 29 heavy (non-hydrogen) atoms. The Balaban J connectivity index is 1.55. The van der Waals surface area contributed by atoms with Crippen molar-refractivity contribution in [2.45, 2.75) is 6.54 Å². The number of hydrogen-bond donors (Lipinski definition) is 0. The number of carbonyl (C=O) groups is 2. The molecule has 1 aliphatic heterocycles. The fourth-order valence-electron chi connectivity index (χ4n) is 2.87. The molecule has 0 radical (unpaired) electrons. The van der Waals surface area contributed by atoms with Gasteiger partial charge >= 0.3 is 0 Å². The summed E-state index contributed by atoms with van der Waals surface area (Å²) in [6.07, 6.45) is 1.55. The number of halogens is 3. The van der Waals surface area contributed by atoms with Crippen LogP contribution in [0.2, 0.25) is 15.1 Å². The van der Waals surface area contributed by atoms with Gasteiger partial charge in [0.2, 0.25) is 0 Å². The van der Waals surface area contributed by atoms with Crippen LogP contribution in [-0.4, -0.2) is 16.0 Å². The molecule has 3 aromatic rings. The standard InChI is InChI=1S/C21H12Cl3NO3S/c22-14-3-1-2-12(6-14)11-25-20(26)19(29-21(25)27)10-17-4-5-18(28-17)13-7-15(23)9-16(24)8-13/h1-10H,11H2/b19-10-. The van der Waals surface area contributed by atoms with Crippen molar-refractivity contribution in [1.29, 1.82) is 0 Å². The predicted octanol–water partition coefficient (Wildman–Crippen LogP) is 7.14. The Morgan fingerprint density at radius 2 is 1.69 bits per heavy atom. The van der Waals surface area contributed by atoms with Gasteiger partial charge in [-0.05, 0) is 59.8 Å². The average molecular weight is 465 g/mol. The van der Waals surface area contributed by atoms with Crippen molar-refractivity contribution in [2.75, 3.05) is 0 Å². The summed E-state index contributed by atoms with van der Waals surface area (Å²) in [6.45, 7) is 0.160. The first-order valence-electron chi connectivity index (χ1n) is 8.45. The minimum atomic E-state index is -0.372. The van der Waals surface area contributed by atoms with Crippen LogP contribution in [0.5, 0.6) is 0 Å². The summed E-state index contributed by atoms with van der Waals surface area (Å²) in [6, 6.07) is 15.6. The number of carbonyl (C=O) groups excluding carboxylic acids is 2. The summed E-state index contributed by atoms with van der Waals surface area (Å²) >= 11 is 18.9. The molecule has 1 aliphatic rings. The van der Waals surface area contributed by atoms with Gasteiger partial charge < -0.3 is 4.42 Å². The van der Waals surface area contributed by atoms with Crippen molar-refractivity contribution < 1.29 is 14.0 Å². The summed E-state index contributed by atoms with van der Waals surface area (Å²) < 4.78 is 5.79. The zero-order valence-corrected chi connectivity index (χ0v) is 17.8. The highest BCUT2D eigenvalue weighted by atomic mass is 35.5. The van der Waals surface area contributed by atoms with Gasteiger partial charge in [0, 0.05) is 26.7 Å². The maximum atomic E-state index is 12.7. The molecule has 0 unspecified atom stereocenters. The monoisotopic (exact) mass is 463 g/mol. The topological polar surface area (TPSA) is 50.5 Å². The maximum Gasteiger partial charge on any atom is 0.293 e. The van der Waals surface area contributed by atoms with Crippen LogP contribution in [-0.2, 0) is 11.3 Å². The van der Waals surface area contributed by atoms with E-state index < -0.39 is 0 Å². The Labute approximate surface area is 186 Å². The van der Waals surface area contributed by atoms with Crippen LogP contribution in [0.3, 0.4) is 0 Å². The first-order valence-corrected chi connectivity index (χ1v) is 10.4. The highest BCUT2D eigenvalue weighted by molar-refractivity contribution is 8.18. The maximum absolute atomic E-state index is 12.7. The summed E-state index contributed by atoms with van der Waals surface area (Å²) in [5.74, 6) is 0.631. The van der Waals surface area contributed by atoms with Gasteiger partial charge in [0.15, 0.2) is 0 Å². The summed E-state index contributed by atoms with van der Waals surface area (Å²) in [7, 11) is 0. The van der Waals surface area contributed by atoms with Crippen LogP contribution in [0.25, 0.3) is 17.4 Å². The number of rotatable bonds is 4. The van der Waals surface area contributed by atoms with Gasteiger partial charge in [-0.1, -0.05) is 46.9 Å². The van der Waals surface area contributed by atoms with E-state index >= 15 is 0 Å². The van der Waals surface area contributed by atoms with E-state index in [2.05, 4.69) is 0 Å². The van der Waals surface area contributed by atoms with Gasteiger partial charge in [-0.25, -0.2) is 0 Å². The first kappa shape index (κ1) is 20.1. The summed E-state index contributed by atoms with van der Waals surface area (Å²) in [5, 5.41) is 1.20. The minimum absolute atomic E-state index is 0.160. The van der Waals surface area contributed by atoms with Crippen LogP contribution in [0.15, 0.2) is 63.9 Å². The number of imide groups is 1. The Morgan fingerprint density at radius 1 is 0.931 bits per heavy atom. The second kappa shape index (κ2) is 8.28. The van der Waals surface area contributed by atoms with Gasteiger partial charge in [0.05, 0.1) is 11.4 Å². The molecule has 4 nitrogen and oxygen atoms in total. The molecule has 2 amide bonds. The molecule has 0 atom stereocenters. The lowest BCUT2D eigenvalue weighted by atomic mass is 10.2. The van der Waals surface area contributed by atoms with E-state index in [9.17, 15) is 9.59 Å². The van der Waals surface area contributed by atoms with Gasteiger partial charge in [-0.2, -0.15) is 0 Å². The zero-order valence-electron chi connectivity index (χ0n) is 14.7. The smallest absolute Gasteiger partial charge is 0.293 e. The van der Waals surface area contributed by atoms with E-state index in [4.69, 9.17) is 39.2 Å². The van der Waals surface area contributed by atoms with E-state index in [0.717, 1.165) is 22.9 Å². The molecular weight excluding hydrogens is 453 g/mol. The molecule has 2 heterocycles. The molecule has 4 rings (SSSR count). The molecule has 2 aromatic carbocycles. The Hall–Kier alpha value is -2.18. The van der Waals surface area contributed by atoms with Crippen molar-refractivity contribution in [1.82, 2.24) is 4.90 Å². The summed E-state index contributed by atoms with van der Waals surface area (Å²) in [5.41, 5.74) is 1.50. The number of benzene rings is 2. The minimum Gasteiger partial charge on any atom is -0.457 e. The molecule has 8 heteroatoms. The molecule has 1 saturated heterocycles. The normalized spacial score (nSPS) is 15.6. The largest absolute Gasteiger partial charge is 0.457 e. The molecule has 0 aliphatic carbocycles. The lowest BCUT2D eigenvalue weighted by Crippen LogP contribution is -2.27. The third-order valence-electron chi connectivity index (χ3n) is 4.15. The van der Waals surface area contributed by atoms with E-state index in [-0.39, 0.29) is 17.7 Å². The molecule has 0 spiro atoms. The van der Waals surface area contributed by atoms with Crippen LogP contribution in [0.1, 0.15) is 11.3 Å². The van der Waals surface area contributed by atoms with Crippen LogP contribution in [0.4, 0.5) is 4.79 Å². The van der Waals surface area contributed by atoms with Gasteiger partial charge in [-0.3, -0.25) is 14.5 Å². The van der Waals surface area contributed by atoms with Gasteiger partial charge in [-0.15, -0.1) is 0 Å². The van der Waals surface area contributed by atoms with E-state index in [1.807, 2.05) is 6.07 Å². The highest BCUT2D eigenvalue weighted by Gasteiger charge is 2.35. The van der Waals surface area contributed by atoms with Crippen LogP contribution in [0, 0.1) is 0 Å². The average Bonchev–Trinajstić information content (AvgIpc) is 3.22. The third kappa shape index (κ3) is 4.54. The predicted molar refractivity (Wildman–Crippen MR) is 117 cm³/mol. The van der Waals surface area contributed by atoms with E-state index in [0.29, 0.717) is 31.5 Å². The molecule has 1 fully saturated rings. The van der Waals surface area contributed by atoms with Gasteiger partial charge in [0.25, 0.3) is 11.1 Å². The Morgan fingerprint density at radius 3 is 2.41 bits per heavy atom. The first-order chi connectivity index (χ1) is 13.9. The SMILES string of the molecule is O=C1S/C(=C\c2ccc(-c3cc(Cl)cc(Cl)c3)o2)C(=O)N1Cc1cccc(Cl)c1. The van der Waals surface area contributed by atoms with Crippen molar-refractivity contribution >= 4 is 63.8 Å². The quantitative estimate of drug-likeness (QED) is 0.385. The van der Waals surface area contributed by atoms with E-state index in [1.54, 1.807) is 54.6 Å². The molecule has 0 bridgehead atoms. The van der Waals surface area contributed by atoms with Crippen molar-refractivity contribution in [2.24, 2.45) is 0 Å². The fourth-order valence-corrected chi connectivity index (χ4v) is 4.42. The highest BCUT2D eigenvalue weighted by Crippen LogP contribution is 2.35. The molecule has 146 valence electrons. The van der Waals surface area contributed by atoms with Crippen molar-refractivity contribution in [3.8, 4) is 11.3 Å². The number of hydrogen-bond acceptors (Lipinski definition) is 4. The second-order valence-corrected chi connectivity index (χ2v) is 8.56. The zero-order chi connectivity index (χ0) is 20.5.